The lowest BCUT2D eigenvalue weighted by molar-refractivity contribution is 0.232. The smallest absolute Gasteiger partial charge is 0.0477 e. The third-order valence-electron chi connectivity index (χ3n) is 2.82. The maximum atomic E-state index is 8.80. The molecule has 0 aromatic rings. The Morgan fingerprint density at radius 3 is 2.78 bits per heavy atom. The number of aliphatic hydroxyl groups excluding tert-OH is 1. The molecule has 2 fully saturated rings. The number of piperidine rings is 1. The Kier molecular flexibility index (Phi) is 1.08. The minimum Gasteiger partial charge on any atom is -0.396 e. The quantitative estimate of drug-likeness (QED) is 0.533. The lowest BCUT2D eigenvalue weighted by atomic mass is 10.2. The number of fused-ring (bicyclic) bond motifs is 1. The molecule has 0 bridgehead atoms. The van der Waals surface area contributed by atoms with E-state index in [2.05, 4.69) is 11.9 Å². The summed E-state index contributed by atoms with van der Waals surface area (Å²) in [5.41, 5.74) is 0. The third-order valence-corrected chi connectivity index (χ3v) is 2.82. The molecule has 0 amide bonds. The second kappa shape index (κ2) is 1.70. The molecule has 3 atom stereocenters. The lowest BCUT2D eigenvalue weighted by Gasteiger charge is -2.10. The molecule has 0 aromatic carbocycles. The summed E-state index contributed by atoms with van der Waals surface area (Å²) in [6, 6.07) is 0.745. The first-order chi connectivity index (χ1) is 4.34. The molecule has 1 aliphatic heterocycles. The van der Waals surface area contributed by atoms with Crippen molar-refractivity contribution in [2.75, 3.05) is 20.2 Å². The van der Waals surface area contributed by atoms with Gasteiger partial charge in [-0.2, -0.15) is 0 Å². The van der Waals surface area contributed by atoms with Crippen LogP contribution in [0.1, 0.15) is 6.42 Å². The predicted molar refractivity (Wildman–Crippen MR) is 35.1 cm³/mol. The van der Waals surface area contributed by atoms with Gasteiger partial charge in [-0.05, 0) is 25.9 Å². The summed E-state index contributed by atoms with van der Waals surface area (Å²) in [7, 11) is 2.15. The minimum atomic E-state index is 0.402. The first kappa shape index (κ1) is 5.69. The van der Waals surface area contributed by atoms with Crippen LogP contribution in [-0.2, 0) is 0 Å². The molecule has 2 heteroatoms. The Morgan fingerprint density at radius 2 is 2.44 bits per heavy atom. The Labute approximate surface area is 55.5 Å². The molecule has 0 aromatic heterocycles. The van der Waals surface area contributed by atoms with Crippen LogP contribution in [0.4, 0.5) is 0 Å². The van der Waals surface area contributed by atoms with E-state index in [4.69, 9.17) is 5.11 Å². The summed E-state index contributed by atoms with van der Waals surface area (Å²) in [4.78, 5) is 2.37. The average molecular weight is 127 g/mol. The summed E-state index contributed by atoms with van der Waals surface area (Å²) in [5, 5.41) is 8.80. The maximum Gasteiger partial charge on any atom is 0.0477 e. The normalized spacial score (nSPS) is 49.3. The minimum absolute atomic E-state index is 0.402. The van der Waals surface area contributed by atoms with E-state index in [1.54, 1.807) is 0 Å². The Balaban J connectivity index is 1.98. The highest BCUT2D eigenvalue weighted by Gasteiger charge is 2.55. The van der Waals surface area contributed by atoms with Gasteiger partial charge in [-0.1, -0.05) is 0 Å². The molecule has 1 aliphatic carbocycles. The SMILES string of the molecule is CN1CCC2C(CO)C21. The Bertz CT molecular complexity index is 122. The highest BCUT2D eigenvalue weighted by molar-refractivity contribution is 5.07. The van der Waals surface area contributed by atoms with E-state index < -0.39 is 0 Å². The van der Waals surface area contributed by atoms with Crippen LogP contribution < -0.4 is 0 Å². The van der Waals surface area contributed by atoms with Crippen molar-refractivity contribution in [3.8, 4) is 0 Å². The second-order valence-electron chi connectivity index (χ2n) is 3.27. The van der Waals surface area contributed by atoms with E-state index >= 15 is 0 Å². The van der Waals surface area contributed by atoms with Gasteiger partial charge in [0.1, 0.15) is 0 Å². The van der Waals surface area contributed by atoms with Crippen molar-refractivity contribution >= 4 is 0 Å². The van der Waals surface area contributed by atoms with Crippen molar-refractivity contribution in [3.05, 3.63) is 0 Å². The molecule has 0 spiro atoms. The van der Waals surface area contributed by atoms with Crippen LogP contribution in [0, 0.1) is 11.8 Å². The second-order valence-corrected chi connectivity index (χ2v) is 3.27. The number of rotatable bonds is 1. The molecule has 9 heavy (non-hydrogen) atoms. The summed E-state index contributed by atoms with van der Waals surface area (Å²) >= 11 is 0. The van der Waals surface area contributed by atoms with Crippen LogP contribution in [0.25, 0.3) is 0 Å². The molecule has 1 heterocycles. The molecule has 1 saturated heterocycles. The first-order valence-corrected chi connectivity index (χ1v) is 3.65. The van der Waals surface area contributed by atoms with Crippen molar-refractivity contribution in [2.24, 2.45) is 11.8 Å². The zero-order chi connectivity index (χ0) is 6.43. The van der Waals surface area contributed by atoms with Gasteiger partial charge in [0.15, 0.2) is 0 Å². The van der Waals surface area contributed by atoms with E-state index in [0.717, 1.165) is 12.0 Å². The number of nitrogens with zero attached hydrogens (tertiary/aromatic N) is 1. The van der Waals surface area contributed by atoms with Crippen LogP contribution in [0.15, 0.2) is 0 Å². The highest BCUT2D eigenvalue weighted by Crippen LogP contribution is 2.49. The Morgan fingerprint density at radius 1 is 1.67 bits per heavy atom. The van der Waals surface area contributed by atoms with Gasteiger partial charge in [0.05, 0.1) is 0 Å². The number of hydrogen-bond donors (Lipinski definition) is 1. The number of likely N-dealkylation sites (tertiary alicyclic amines) is 1. The zero-order valence-corrected chi connectivity index (χ0v) is 5.75. The predicted octanol–water partition coefficient (Wildman–Crippen LogP) is -0.0712. The molecule has 1 saturated carbocycles. The van der Waals surface area contributed by atoms with Gasteiger partial charge in [0.2, 0.25) is 0 Å². The highest BCUT2D eigenvalue weighted by atomic mass is 16.3. The standard InChI is InChI=1S/C7H13NO/c1-8-3-2-5-6(4-9)7(5)8/h5-7,9H,2-4H2,1H3. The van der Waals surface area contributed by atoms with Crippen molar-refractivity contribution in [1.29, 1.82) is 0 Å². The van der Waals surface area contributed by atoms with E-state index in [1.807, 2.05) is 0 Å². The van der Waals surface area contributed by atoms with Gasteiger partial charge in [-0.15, -0.1) is 0 Å². The van der Waals surface area contributed by atoms with E-state index in [0.29, 0.717) is 12.5 Å². The van der Waals surface area contributed by atoms with E-state index in [1.165, 1.54) is 13.0 Å². The number of aliphatic hydroxyl groups is 1. The summed E-state index contributed by atoms with van der Waals surface area (Å²) in [6.45, 7) is 1.64. The Hall–Kier alpha value is -0.0800. The topological polar surface area (TPSA) is 23.5 Å². The van der Waals surface area contributed by atoms with Crippen LogP contribution >= 0.6 is 0 Å². The molecule has 3 unspecified atom stereocenters. The van der Waals surface area contributed by atoms with Gasteiger partial charge in [-0.3, -0.25) is 0 Å². The molecule has 0 radical (unpaired) electrons. The fourth-order valence-electron chi connectivity index (χ4n) is 2.21. The molecule has 52 valence electrons. The monoisotopic (exact) mass is 127 g/mol. The van der Waals surface area contributed by atoms with Crippen molar-refractivity contribution < 1.29 is 5.11 Å². The molecule has 1 N–H and O–H groups in total. The first-order valence-electron chi connectivity index (χ1n) is 3.65. The summed E-state index contributed by atoms with van der Waals surface area (Å²) < 4.78 is 0. The van der Waals surface area contributed by atoms with Gasteiger partial charge >= 0.3 is 0 Å². The fraction of sp³-hybridized carbons (Fsp3) is 1.00. The zero-order valence-electron chi connectivity index (χ0n) is 5.75. The van der Waals surface area contributed by atoms with Gasteiger partial charge in [-0.25, -0.2) is 0 Å². The van der Waals surface area contributed by atoms with Gasteiger partial charge < -0.3 is 10.0 Å². The average Bonchev–Trinajstić information content (AvgIpc) is 2.46. The third kappa shape index (κ3) is 0.634. The van der Waals surface area contributed by atoms with Crippen LogP contribution in [-0.4, -0.2) is 36.2 Å². The van der Waals surface area contributed by atoms with Gasteiger partial charge in [0, 0.05) is 18.6 Å². The molecule has 2 rings (SSSR count). The van der Waals surface area contributed by atoms with Crippen LogP contribution in [0.2, 0.25) is 0 Å². The largest absolute Gasteiger partial charge is 0.396 e. The molecule has 2 nitrogen and oxygen atoms in total. The van der Waals surface area contributed by atoms with Crippen LogP contribution in [0.3, 0.4) is 0 Å². The summed E-state index contributed by atoms with van der Waals surface area (Å²) in [6.07, 6.45) is 1.31. The van der Waals surface area contributed by atoms with Gasteiger partial charge in [0.25, 0.3) is 0 Å². The van der Waals surface area contributed by atoms with Crippen molar-refractivity contribution in [1.82, 2.24) is 4.90 Å². The molecule has 2 aliphatic rings. The van der Waals surface area contributed by atoms with Crippen molar-refractivity contribution in [3.63, 3.8) is 0 Å². The van der Waals surface area contributed by atoms with E-state index in [9.17, 15) is 0 Å². The lowest BCUT2D eigenvalue weighted by Crippen LogP contribution is -2.20. The summed E-state index contributed by atoms with van der Waals surface area (Å²) in [5.74, 6) is 1.48. The maximum absolute atomic E-state index is 8.80. The number of hydrogen-bond acceptors (Lipinski definition) is 2. The van der Waals surface area contributed by atoms with E-state index in [-0.39, 0.29) is 0 Å². The molecular formula is C7H13NO. The fourth-order valence-corrected chi connectivity index (χ4v) is 2.21. The van der Waals surface area contributed by atoms with Crippen LogP contribution in [0.5, 0.6) is 0 Å². The molecular weight excluding hydrogens is 114 g/mol. The van der Waals surface area contributed by atoms with Crippen molar-refractivity contribution in [2.45, 2.75) is 12.5 Å².